The highest BCUT2D eigenvalue weighted by molar-refractivity contribution is 7.92. The molecule has 2 aromatic carbocycles. The number of aliphatic hydroxyl groups excluding tert-OH is 1. The molecule has 0 saturated heterocycles. The van der Waals surface area contributed by atoms with Crippen molar-refractivity contribution in [2.75, 3.05) is 17.8 Å². The van der Waals surface area contributed by atoms with Crippen LogP contribution >= 0.6 is 0 Å². The number of nitrogens with one attached hydrogen (secondary N) is 1. The zero-order valence-electron chi connectivity index (χ0n) is 18.3. The molecule has 1 heterocycles. The van der Waals surface area contributed by atoms with Crippen LogP contribution < -0.4 is 10.1 Å². The van der Waals surface area contributed by atoms with Crippen LogP contribution in [-0.2, 0) is 9.73 Å². The second-order valence-electron chi connectivity index (χ2n) is 8.47. The van der Waals surface area contributed by atoms with E-state index in [0.29, 0.717) is 41.3 Å². The van der Waals surface area contributed by atoms with Gasteiger partial charge in [0, 0.05) is 33.7 Å². The van der Waals surface area contributed by atoms with Gasteiger partial charge in [-0.2, -0.15) is 4.36 Å². The van der Waals surface area contributed by atoms with Crippen LogP contribution in [0.2, 0.25) is 0 Å². The Kier molecular flexibility index (Phi) is 6.30. The lowest BCUT2D eigenvalue weighted by atomic mass is 9.95. The van der Waals surface area contributed by atoms with Gasteiger partial charge in [-0.25, -0.2) is 18.6 Å². The van der Waals surface area contributed by atoms with Crippen molar-refractivity contribution in [3.05, 3.63) is 48.0 Å². The van der Waals surface area contributed by atoms with Crippen molar-refractivity contribution in [3.63, 3.8) is 0 Å². The third-order valence-electron chi connectivity index (χ3n) is 5.38. The normalized spacial score (nSPS) is 19.0. The molecule has 1 aromatic heterocycles. The monoisotopic (exact) mass is 458 g/mol. The van der Waals surface area contributed by atoms with E-state index in [0.717, 1.165) is 23.8 Å². The van der Waals surface area contributed by atoms with E-state index in [1.165, 1.54) is 18.5 Å². The maximum atomic E-state index is 14.0. The molecule has 0 atom stereocenters. The quantitative estimate of drug-likeness (QED) is 0.567. The van der Waals surface area contributed by atoms with Crippen molar-refractivity contribution < 1.29 is 18.4 Å². The first-order valence-corrected chi connectivity index (χ1v) is 12.8. The number of hydrogen-bond donors (Lipinski definition) is 2. The van der Waals surface area contributed by atoms with Gasteiger partial charge in [0.15, 0.2) is 0 Å². The van der Waals surface area contributed by atoms with Crippen molar-refractivity contribution >= 4 is 37.8 Å². The number of ether oxygens (including phenoxy) is 1. The van der Waals surface area contributed by atoms with Gasteiger partial charge in [0.1, 0.15) is 23.7 Å². The molecule has 4 rings (SSSR count). The minimum absolute atomic E-state index is 0.0771. The summed E-state index contributed by atoms with van der Waals surface area (Å²) in [5.74, 6) is 0.571. The number of aromatic nitrogens is 2. The van der Waals surface area contributed by atoms with E-state index in [4.69, 9.17) is 4.74 Å². The summed E-state index contributed by atoms with van der Waals surface area (Å²) in [5.41, 5.74) is 2.73. The summed E-state index contributed by atoms with van der Waals surface area (Å²) in [5, 5.41) is 13.8. The van der Waals surface area contributed by atoms with Crippen LogP contribution in [-0.4, -0.2) is 44.0 Å². The van der Waals surface area contributed by atoms with E-state index >= 15 is 0 Å². The van der Waals surface area contributed by atoms with Crippen LogP contribution in [0.25, 0.3) is 10.9 Å². The van der Waals surface area contributed by atoms with Gasteiger partial charge in [-0.1, -0.05) is 0 Å². The minimum Gasteiger partial charge on any atom is -0.488 e. The van der Waals surface area contributed by atoms with E-state index in [9.17, 15) is 13.7 Å². The number of hydrogen-bond acceptors (Lipinski definition) is 7. The summed E-state index contributed by atoms with van der Waals surface area (Å²) < 4.78 is 36.5. The third kappa shape index (κ3) is 5.34. The number of aryl methyl sites for hydroxylation is 1. The molecule has 0 unspecified atom stereocenters. The Balaban J connectivity index is 1.68. The lowest BCUT2D eigenvalue weighted by Gasteiger charge is -2.27. The van der Waals surface area contributed by atoms with Gasteiger partial charge in [-0.05, 0) is 62.4 Å². The van der Waals surface area contributed by atoms with Crippen molar-refractivity contribution in [3.8, 4) is 5.75 Å². The van der Waals surface area contributed by atoms with Gasteiger partial charge in [-0.15, -0.1) is 0 Å². The molecule has 0 aliphatic heterocycles. The molecule has 9 heteroatoms. The van der Waals surface area contributed by atoms with Crippen LogP contribution in [0, 0.1) is 12.7 Å². The number of nitrogens with zero attached hydrogens (tertiary/aromatic N) is 3. The fourth-order valence-corrected chi connectivity index (χ4v) is 4.55. The Morgan fingerprint density at radius 2 is 1.91 bits per heavy atom. The Morgan fingerprint density at radius 3 is 2.62 bits per heavy atom. The highest BCUT2D eigenvalue weighted by atomic mass is 32.2. The number of aliphatic hydroxyl groups is 1. The second kappa shape index (κ2) is 8.99. The van der Waals surface area contributed by atoms with Crippen molar-refractivity contribution in [2.24, 2.45) is 4.36 Å². The minimum atomic E-state index is -2.30. The van der Waals surface area contributed by atoms with Gasteiger partial charge in [0.25, 0.3) is 0 Å². The predicted octanol–water partition coefficient (Wildman–Crippen LogP) is 4.86. The van der Waals surface area contributed by atoms with Gasteiger partial charge in [0.05, 0.1) is 29.1 Å². The summed E-state index contributed by atoms with van der Waals surface area (Å²) in [6.07, 6.45) is 7.03. The van der Waals surface area contributed by atoms with E-state index in [1.54, 1.807) is 24.6 Å². The molecule has 1 aliphatic carbocycles. The average molecular weight is 459 g/mol. The maximum Gasteiger partial charge on any atom is 0.146 e. The highest BCUT2D eigenvalue weighted by Crippen LogP contribution is 2.35. The first-order valence-electron chi connectivity index (χ1n) is 10.5. The van der Waals surface area contributed by atoms with Gasteiger partial charge in [0.2, 0.25) is 0 Å². The molecule has 170 valence electrons. The van der Waals surface area contributed by atoms with E-state index in [-0.39, 0.29) is 18.0 Å². The topological polar surface area (TPSA) is 96.7 Å². The van der Waals surface area contributed by atoms with E-state index in [2.05, 4.69) is 19.6 Å². The first-order chi connectivity index (χ1) is 15.2. The lowest BCUT2D eigenvalue weighted by molar-refractivity contribution is 0.0668. The summed E-state index contributed by atoms with van der Waals surface area (Å²) in [4.78, 5) is 8.75. The number of anilines is 2. The number of benzene rings is 2. The van der Waals surface area contributed by atoms with Gasteiger partial charge < -0.3 is 15.2 Å². The Hall–Kier alpha value is -2.78. The zero-order chi connectivity index (χ0) is 22.9. The Labute approximate surface area is 187 Å². The SMILES string of the molecule is Cc1cc(N=S(C)(C)=O)cc2ncnc(Nc3ccc(F)cc3OC3CCC(O)CC3)c12. The largest absolute Gasteiger partial charge is 0.488 e. The third-order valence-corrected chi connectivity index (χ3v) is 6.03. The molecule has 3 aromatic rings. The Morgan fingerprint density at radius 1 is 1.16 bits per heavy atom. The standard InChI is InChI=1S/C23H27FN4O3S/c1-14-10-16(28-32(2,3)30)12-20-22(14)23(26-13-25-20)27-19-9-4-15(24)11-21(19)31-18-7-5-17(29)6-8-18/h4,9-13,17-18,29H,5-8H2,1-3H3,(H,25,26,27). The summed E-state index contributed by atoms with van der Waals surface area (Å²) in [7, 11) is -2.30. The smallest absolute Gasteiger partial charge is 0.146 e. The number of rotatable bonds is 5. The molecule has 0 spiro atoms. The van der Waals surface area contributed by atoms with E-state index in [1.807, 2.05) is 13.0 Å². The van der Waals surface area contributed by atoms with Gasteiger partial charge in [-0.3, -0.25) is 0 Å². The molecule has 1 fully saturated rings. The van der Waals surface area contributed by atoms with Crippen LogP contribution in [0.4, 0.5) is 21.6 Å². The first kappa shape index (κ1) is 22.4. The summed E-state index contributed by atoms with van der Waals surface area (Å²) in [6, 6.07) is 7.97. The maximum absolute atomic E-state index is 14.0. The molecular formula is C23H27FN4O3S. The fraction of sp³-hybridized carbons (Fsp3) is 0.391. The summed E-state index contributed by atoms with van der Waals surface area (Å²) in [6.45, 7) is 1.92. The van der Waals surface area contributed by atoms with E-state index < -0.39 is 9.73 Å². The van der Waals surface area contributed by atoms with Crippen LogP contribution in [0.1, 0.15) is 31.2 Å². The van der Waals surface area contributed by atoms with Crippen LogP contribution in [0.3, 0.4) is 0 Å². The van der Waals surface area contributed by atoms with Crippen LogP contribution in [0.5, 0.6) is 5.75 Å². The molecule has 0 amide bonds. The fourth-order valence-electron chi connectivity index (χ4n) is 3.94. The molecule has 0 radical (unpaired) electrons. The zero-order valence-corrected chi connectivity index (χ0v) is 19.2. The predicted molar refractivity (Wildman–Crippen MR) is 125 cm³/mol. The molecule has 7 nitrogen and oxygen atoms in total. The average Bonchev–Trinajstić information content (AvgIpc) is 2.70. The van der Waals surface area contributed by atoms with Crippen molar-refractivity contribution in [2.45, 2.75) is 44.8 Å². The Bertz CT molecular complexity index is 1260. The molecule has 0 bridgehead atoms. The molecule has 32 heavy (non-hydrogen) atoms. The highest BCUT2D eigenvalue weighted by Gasteiger charge is 2.22. The lowest BCUT2D eigenvalue weighted by Crippen LogP contribution is -2.26. The van der Waals surface area contributed by atoms with Crippen molar-refractivity contribution in [1.82, 2.24) is 9.97 Å². The molecule has 2 N–H and O–H groups in total. The van der Waals surface area contributed by atoms with Crippen LogP contribution in [0.15, 0.2) is 41.0 Å². The second-order valence-corrected chi connectivity index (χ2v) is 11.0. The molecular weight excluding hydrogens is 431 g/mol. The molecule has 1 saturated carbocycles. The van der Waals surface area contributed by atoms with Crippen molar-refractivity contribution in [1.29, 1.82) is 0 Å². The number of fused-ring (bicyclic) bond motifs is 1. The van der Waals surface area contributed by atoms with Gasteiger partial charge >= 0.3 is 0 Å². The number of halogens is 1. The molecule has 1 aliphatic rings. The summed E-state index contributed by atoms with van der Waals surface area (Å²) >= 11 is 0.